The summed E-state index contributed by atoms with van der Waals surface area (Å²) in [5.74, 6) is -0.117. The van der Waals surface area contributed by atoms with E-state index in [0.29, 0.717) is 23.2 Å². The van der Waals surface area contributed by atoms with E-state index < -0.39 is 0 Å². The maximum atomic E-state index is 13.2. The molecule has 0 bridgehead atoms. The summed E-state index contributed by atoms with van der Waals surface area (Å²) in [6, 6.07) is 15.6. The third-order valence-corrected chi connectivity index (χ3v) is 6.24. The van der Waals surface area contributed by atoms with E-state index in [0.717, 1.165) is 32.7 Å². The fourth-order valence-corrected chi connectivity index (χ4v) is 4.93. The predicted molar refractivity (Wildman–Crippen MR) is 129 cm³/mol. The Morgan fingerprint density at radius 1 is 1.16 bits per heavy atom. The van der Waals surface area contributed by atoms with Gasteiger partial charge in [0.1, 0.15) is 0 Å². The van der Waals surface area contributed by atoms with Gasteiger partial charge in [0, 0.05) is 23.3 Å². The Bertz CT molecular complexity index is 1260. The Morgan fingerprint density at radius 2 is 1.94 bits per heavy atom. The van der Waals surface area contributed by atoms with Crippen LogP contribution >= 0.6 is 22.9 Å². The molecule has 0 aliphatic rings. The summed E-state index contributed by atoms with van der Waals surface area (Å²) in [6.45, 7) is 7.02. The molecule has 0 saturated heterocycles. The van der Waals surface area contributed by atoms with Gasteiger partial charge in [-0.15, -0.1) is 0 Å². The lowest BCUT2D eigenvalue weighted by Crippen LogP contribution is -2.33. The number of fused-ring (bicyclic) bond motifs is 1. The fourth-order valence-electron chi connectivity index (χ4n) is 3.48. The van der Waals surface area contributed by atoms with Crippen LogP contribution in [0.2, 0.25) is 5.02 Å². The molecule has 0 atom stereocenters. The molecule has 4 aromatic rings. The summed E-state index contributed by atoms with van der Waals surface area (Å²) in [4.78, 5) is 19.7. The van der Waals surface area contributed by atoms with Crippen molar-refractivity contribution >= 4 is 50.3 Å². The Balaban J connectivity index is 1.66. The average molecular weight is 451 g/mol. The summed E-state index contributed by atoms with van der Waals surface area (Å²) in [5.41, 5.74) is 4.87. The summed E-state index contributed by atoms with van der Waals surface area (Å²) >= 11 is 7.70. The van der Waals surface area contributed by atoms with Crippen LogP contribution in [-0.2, 0) is 11.3 Å². The van der Waals surface area contributed by atoms with Crippen LogP contribution in [-0.4, -0.2) is 27.2 Å². The Morgan fingerprint density at radius 3 is 2.65 bits per heavy atom. The molecule has 4 rings (SSSR count). The average Bonchev–Trinajstić information content (AvgIpc) is 3.30. The zero-order valence-corrected chi connectivity index (χ0v) is 19.2. The number of nitrogens with zero attached hydrogens (tertiary/aromatic N) is 4. The van der Waals surface area contributed by atoms with E-state index >= 15 is 0 Å². The van der Waals surface area contributed by atoms with Crippen molar-refractivity contribution in [1.29, 1.82) is 0 Å². The molecule has 0 unspecified atom stereocenters. The molecule has 31 heavy (non-hydrogen) atoms. The number of aromatic nitrogens is 3. The van der Waals surface area contributed by atoms with Gasteiger partial charge in [0.25, 0.3) is 5.91 Å². The minimum absolute atomic E-state index is 0.117. The maximum Gasteiger partial charge on any atom is 0.252 e. The monoisotopic (exact) mass is 450 g/mol. The molecule has 1 amide bonds. The minimum atomic E-state index is -0.117. The van der Waals surface area contributed by atoms with Crippen molar-refractivity contribution in [1.82, 2.24) is 14.8 Å². The van der Waals surface area contributed by atoms with Gasteiger partial charge in [-0.1, -0.05) is 53.3 Å². The first-order chi connectivity index (χ1) is 14.9. The standard InChI is InChI=1S/C24H23ClN4OS/c1-16-13-20(25)15-21-23(16)26-24(31-21)28(11-12-29-18(3)14-17(2)27-29)22(30)10-9-19-7-5-4-6-8-19/h4-10,13-15H,11-12H2,1-3H3. The highest BCUT2D eigenvalue weighted by Crippen LogP contribution is 2.33. The number of hydrogen-bond acceptors (Lipinski definition) is 4. The van der Waals surface area contributed by atoms with Gasteiger partial charge in [0.2, 0.25) is 0 Å². The number of hydrogen-bond donors (Lipinski definition) is 0. The predicted octanol–water partition coefficient (Wildman–Crippen LogP) is 5.82. The molecule has 5 nitrogen and oxygen atoms in total. The van der Waals surface area contributed by atoms with Gasteiger partial charge in [-0.2, -0.15) is 5.10 Å². The van der Waals surface area contributed by atoms with Crippen LogP contribution in [0.5, 0.6) is 0 Å². The van der Waals surface area contributed by atoms with Gasteiger partial charge in [-0.25, -0.2) is 4.98 Å². The Kier molecular flexibility index (Phi) is 6.20. The summed E-state index contributed by atoms with van der Waals surface area (Å²) in [7, 11) is 0. The van der Waals surface area contributed by atoms with Crippen LogP contribution in [0.1, 0.15) is 22.5 Å². The summed E-state index contributed by atoms with van der Waals surface area (Å²) < 4.78 is 2.89. The van der Waals surface area contributed by atoms with Crippen molar-refractivity contribution < 1.29 is 4.79 Å². The zero-order chi connectivity index (χ0) is 22.0. The van der Waals surface area contributed by atoms with E-state index in [-0.39, 0.29) is 5.91 Å². The number of carbonyl (C=O) groups is 1. The Hall–Kier alpha value is -2.96. The molecular weight excluding hydrogens is 428 g/mol. The van der Waals surface area contributed by atoms with Crippen molar-refractivity contribution in [2.24, 2.45) is 0 Å². The molecule has 0 spiro atoms. The van der Waals surface area contributed by atoms with Crippen molar-refractivity contribution in [3.05, 3.63) is 82.1 Å². The smallest absolute Gasteiger partial charge is 0.252 e. The van der Waals surface area contributed by atoms with Crippen molar-refractivity contribution in [3.63, 3.8) is 0 Å². The van der Waals surface area contributed by atoms with E-state index in [9.17, 15) is 4.79 Å². The van der Waals surface area contributed by atoms with Crippen LogP contribution in [0.25, 0.3) is 16.3 Å². The van der Waals surface area contributed by atoms with E-state index in [4.69, 9.17) is 16.6 Å². The third-order valence-electron chi connectivity index (χ3n) is 4.99. The molecule has 0 N–H and O–H groups in total. The zero-order valence-electron chi connectivity index (χ0n) is 17.7. The lowest BCUT2D eigenvalue weighted by Gasteiger charge is -2.18. The second kappa shape index (κ2) is 9.04. The van der Waals surface area contributed by atoms with E-state index in [1.54, 1.807) is 11.0 Å². The van der Waals surface area contributed by atoms with Gasteiger partial charge in [0.15, 0.2) is 5.13 Å². The van der Waals surface area contributed by atoms with Crippen molar-refractivity contribution in [2.75, 3.05) is 11.4 Å². The fraction of sp³-hybridized carbons (Fsp3) is 0.208. The second-order valence-corrected chi connectivity index (χ2v) is 8.90. The quantitative estimate of drug-likeness (QED) is 0.348. The van der Waals surface area contributed by atoms with Gasteiger partial charge < -0.3 is 0 Å². The maximum absolute atomic E-state index is 13.2. The molecule has 0 fully saturated rings. The van der Waals surface area contributed by atoms with Crippen molar-refractivity contribution in [3.8, 4) is 0 Å². The normalized spacial score (nSPS) is 11.5. The van der Waals surface area contributed by atoms with E-state index in [1.807, 2.05) is 80.1 Å². The van der Waals surface area contributed by atoms with E-state index in [1.165, 1.54) is 11.3 Å². The highest BCUT2D eigenvalue weighted by atomic mass is 35.5. The lowest BCUT2D eigenvalue weighted by molar-refractivity contribution is -0.114. The number of thiazole rings is 1. The molecule has 0 aliphatic heterocycles. The van der Waals surface area contributed by atoms with Gasteiger partial charge >= 0.3 is 0 Å². The van der Waals surface area contributed by atoms with Crippen LogP contribution in [0.15, 0.2) is 54.6 Å². The first kappa shape index (κ1) is 21.3. The minimum Gasteiger partial charge on any atom is -0.283 e. The van der Waals surface area contributed by atoms with Crippen LogP contribution < -0.4 is 4.90 Å². The summed E-state index contributed by atoms with van der Waals surface area (Å²) in [5, 5.41) is 5.85. The molecule has 158 valence electrons. The second-order valence-electron chi connectivity index (χ2n) is 7.45. The van der Waals surface area contributed by atoms with Crippen LogP contribution in [0, 0.1) is 20.8 Å². The van der Waals surface area contributed by atoms with Crippen LogP contribution in [0.4, 0.5) is 5.13 Å². The molecule has 2 aromatic carbocycles. The highest BCUT2D eigenvalue weighted by molar-refractivity contribution is 7.22. The number of halogens is 1. The van der Waals surface area contributed by atoms with Gasteiger partial charge in [-0.05, 0) is 56.2 Å². The first-order valence-corrected chi connectivity index (χ1v) is 11.2. The number of carbonyl (C=O) groups excluding carboxylic acids is 1. The molecule has 2 heterocycles. The Labute approximate surface area is 190 Å². The number of benzene rings is 2. The molecule has 2 aromatic heterocycles. The van der Waals surface area contributed by atoms with Crippen LogP contribution in [0.3, 0.4) is 0 Å². The lowest BCUT2D eigenvalue weighted by atomic mass is 10.2. The number of anilines is 1. The third kappa shape index (κ3) is 4.86. The van der Waals surface area contributed by atoms with Gasteiger partial charge in [-0.3, -0.25) is 14.4 Å². The molecule has 0 saturated carbocycles. The van der Waals surface area contributed by atoms with Crippen molar-refractivity contribution in [2.45, 2.75) is 27.3 Å². The van der Waals surface area contributed by atoms with E-state index in [2.05, 4.69) is 5.10 Å². The highest BCUT2D eigenvalue weighted by Gasteiger charge is 2.19. The molecule has 0 radical (unpaired) electrons. The number of rotatable bonds is 6. The number of amides is 1. The molecule has 0 aliphatic carbocycles. The first-order valence-electron chi connectivity index (χ1n) is 10.0. The number of aryl methyl sites for hydroxylation is 3. The molecule has 7 heteroatoms. The largest absolute Gasteiger partial charge is 0.283 e. The topological polar surface area (TPSA) is 51.0 Å². The molecular formula is C24H23ClN4OS. The summed E-state index contributed by atoms with van der Waals surface area (Å²) in [6.07, 6.45) is 3.43. The van der Waals surface area contributed by atoms with Gasteiger partial charge in [0.05, 0.1) is 22.5 Å². The SMILES string of the molecule is Cc1cc(C)n(CCN(C(=O)C=Cc2ccccc2)c2nc3c(C)cc(Cl)cc3s2)n1.